The zero-order valence-electron chi connectivity index (χ0n) is 10.5. The highest BCUT2D eigenvalue weighted by Gasteiger charge is 2.36. The molecule has 0 aliphatic carbocycles. The summed E-state index contributed by atoms with van der Waals surface area (Å²) in [6.45, 7) is 0.847. The van der Waals surface area contributed by atoms with E-state index in [9.17, 15) is 9.18 Å². The average molecular weight is 251 g/mol. The molecule has 2 atom stereocenters. The predicted molar refractivity (Wildman–Crippen MR) is 66.7 cm³/mol. The molecule has 18 heavy (non-hydrogen) atoms. The highest BCUT2D eigenvalue weighted by molar-refractivity contribution is 5.73. The fourth-order valence-corrected chi connectivity index (χ4v) is 2.49. The molecule has 1 heterocycles. The number of methoxy groups -OCH3 is 1. The van der Waals surface area contributed by atoms with Crippen LogP contribution >= 0.6 is 0 Å². The normalized spacial score (nSPS) is 24.1. The Morgan fingerprint density at radius 1 is 1.44 bits per heavy atom. The number of ether oxygens (including phenoxy) is 1. The first kappa shape index (κ1) is 13.0. The Balaban J connectivity index is 2.01. The van der Waals surface area contributed by atoms with Gasteiger partial charge in [0.15, 0.2) is 0 Å². The number of halogens is 1. The van der Waals surface area contributed by atoms with Crippen molar-refractivity contribution in [3.63, 3.8) is 0 Å². The van der Waals surface area contributed by atoms with Crippen LogP contribution in [0.2, 0.25) is 0 Å². The molecule has 4 heteroatoms. The van der Waals surface area contributed by atoms with Crippen LogP contribution in [0.4, 0.5) is 4.39 Å². The van der Waals surface area contributed by atoms with Gasteiger partial charge in [-0.25, -0.2) is 4.39 Å². The number of rotatable bonds is 4. The number of benzene rings is 1. The molecule has 1 aliphatic rings. The van der Waals surface area contributed by atoms with Crippen molar-refractivity contribution in [3.8, 4) is 0 Å². The van der Waals surface area contributed by atoms with Gasteiger partial charge in [0, 0.05) is 19.1 Å². The Morgan fingerprint density at radius 3 is 2.78 bits per heavy atom. The minimum absolute atomic E-state index is 0.172. The summed E-state index contributed by atoms with van der Waals surface area (Å²) >= 11 is 0. The first-order valence-corrected chi connectivity index (χ1v) is 6.16. The number of nitrogens with zero attached hydrogens (tertiary/aromatic N) is 1. The van der Waals surface area contributed by atoms with Crippen LogP contribution in [-0.4, -0.2) is 37.2 Å². The number of carbonyl (C=O) groups is 1. The van der Waals surface area contributed by atoms with Gasteiger partial charge in [-0.2, -0.15) is 0 Å². The van der Waals surface area contributed by atoms with Gasteiger partial charge in [-0.15, -0.1) is 0 Å². The average Bonchev–Trinajstić information content (AvgIpc) is 2.82. The predicted octanol–water partition coefficient (Wildman–Crippen LogP) is 2.02. The fraction of sp³-hybridized carbons (Fsp3) is 0.500. The van der Waals surface area contributed by atoms with Gasteiger partial charge >= 0.3 is 5.97 Å². The molecule has 1 fully saturated rings. The topological polar surface area (TPSA) is 29.5 Å². The second kappa shape index (κ2) is 5.96. The summed E-state index contributed by atoms with van der Waals surface area (Å²) in [5, 5.41) is 0. The van der Waals surface area contributed by atoms with Gasteiger partial charge in [-0.3, -0.25) is 9.69 Å². The van der Waals surface area contributed by atoms with Crippen molar-refractivity contribution in [2.45, 2.75) is 19.0 Å². The molecule has 0 spiro atoms. The van der Waals surface area contributed by atoms with Gasteiger partial charge in [0.25, 0.3) is 0 Å². The summed E-state index contributed by atoms with van der Waals surface area (Å²) in [6.07, 6.45) is 0.552. The third-order valence-electron chi connectivity index (χ3n) is 3.47. The van der Waals surface area contributed by atoms with Crippen molar-refractivity contribution in [3.05, 3.63) is 35.9 Å². The van der Waals surface area contributed by atoms with E-state index in [1.54, 1.807) is 0 Å². The molecule has 1 saturated heterocycles. The van der Waals surface area contributed by atoms with Crippen LogP contribution in [0.15, 0.2) is 30.3 Å². The Bertz CT molecular complexity index is 396. The zero-order valence-corrected chi connectivity index (χ0v) is 10.5. The lowest BCUT2D eigenvalue weighted by Crippen LogP contribution is -2.30. The number of carbonyl (C=O) groups excluding carboxylic acids is 1. The number of likely N-dealkylation sites (tertiary alicyclic amines) is 1. The number of hydrogen-bond donors (Lipinski definition) is 0. The maximum absolute atomic E-state index is 13.0. The molecule has 98 valence electrons. The molecule has 0 radical (unpaired) electrons. The number of hydrogen-bond acceptors (Lipinski definition) is 3. The van der Waals surface area contributed by atoms with Crippen molar-refractivity contribution < 1.29 is 13.9 Å². The number of alkyl halides is 1. The van der Waals surface area contributed by atoms with E-state index < -0.39 is 6.67 Å². The maximum atomic E-state index is 13.0. The SMILES string of the molecule is COC(=O)[C@H]1C[C@@H](CF)N(Cc2ccccc2)C1. The Morgan fingerprint density at radius 2 is 2.17 bits per heavy atom. The molecule has 2 rings (SSSR count). The third-order valence-corrected chi connectivity index (χ3v) is 3.47. The molecule has 0 bridgehead atoms. The molecule has 3 nitrogen and oxygen atoms in total. The smallest absolute Gasteiger partial charge is 0.310 e. The van der Waals surface area contributed by atoms with Crippen molar-refractivity contribution in [2.75, 3.05) is 20.3 Å². The Hall–Kier alpha value is -1.42. The van der Waals surface area contributed by atoms with Crippen LogP contribution in [0.1, 0.15) is 12.0 Å². The van der Waals surface area contributed by atoms with E-state index in [0.29, 0.717) is 19.5 Å². The quantitative estimate of drug-likeness (QED) is 0.767. The van der Waals surface area contributed by atoms with E-state index in [4.69, 9.17) is 4.74 Å². The molecule has 1 aliphatic heterocycles. The van der Waals surface area contributed by atoms with E-state index in [1.807, 2.05) is 35.2 Å². The molecular weight excluding hydrogens is 233 g/mol. The molecule has 0 aromatic heterocycles. The van der Waals surface area contributed by atoms with Gasteiger partial charge in [0.2, 0.25) is 0 Å². The molecule has 0 saturated carbocycles. The molecule has 0 amide bonds. The minimum atomic E-state index is -0.416. The first-order chi connectivity index (χ1) is 8.74. The lowest BCUT2D eigenvalue weighted by molar-refractivity contribution is -0.144. The summed E-state index contributed by atoms with van der Waals surface area (Å²) < 4.78 is 17.7. The Labute approximate surface area is 107 Å². The van der Waals surface area contributed by atoms with E-state index in [0.717, 1.165) is 5.56 Å². The summed E-state index contributed by atoms with van der Waals surface area (Å²) in [7, 11) is 1.38. The monoisotopic (exact) mass is 251 g/mol. The summed E-state index contributed by atoms with van der Waals surface area (Å²) in [5.74, 6) is -0.427. The third kappa shape index (κ3) is 2.88. The summed E-state index contributed by atoms with van der Waals surface area (Å²) in [4.78, 5) is 13.5. The van der Waals surface area contributed by atoms with E-state index in [-0.39, 0.29) is 17.9 Å². The lowest BCUT2D eigenvalue weighted by Gasteiger charge is -2.21. The van der Waals surface area contributed by atoms with Crippen LogP contribution in [0.25, 0.3) is 0 Å². The molecule has 1 aromatic carbocycles. The van der Waals surface area contributed by atoms with Crippen LogP contribution in [0, 0.1) is 5.92 Å². The van der Waals surface area contributed by atoms with Gasteiger partial charge in [0.1, 0.15) is 6.67 Å². The van der Waals surface area contributed by atoms with Gasteiger partial charge in [-0.05, 0) is 12.0 Å². The largest absolute Gasteiger partial charge is 0.469 e. The van der Waals surface area contributed by atoms with Crippen molar-refractivity contribution in [2.24, 2.45) is 5.92 Å². The summed E-state index contributed by atoms with van der Waals surface area (Å²) in [6, 6.07) is 9.74. The van der Waals surface area contributed by atoms with Gasteiger partial charge in [0.05, 0.1) is 13.0 Å². The molecule has 0 N–H and O–H groups in total. The maximum Gasteiger partial charge on any atom is 0.310 e. The van der Waals surface area contributed by atoms with E-state index >= 15 is 0 Å². The highest BCUT2D eigenvalue weighted by atomic mass is 19.1. The minimum Gasteiger partial charge on any atom is -0.469 e. The molecule has 0 unspecified atom stereocenters. The summed E-state index contributed by atoms with van der Waals surface area (Å²) in [5.41, 5.74) is 1.14. The van der Waals surface area contributed by atoms with Crippen LogP contribution in [-0.2, 0) is 16.1 Å². The second-order valence-corrected chi connectivity index (χ2v) is 4.68. The van der Waals surface area contributed by atoms with Crippen molar-refractivity contribution in [1.82, 2.24) is 4.90 Å². The van der Waals surface area contributed by atoms with Crippen molar-refractivity contribution >= 4 is 5.97 Å². The molecular formula is C14H18FNO2. The second-order valence-electron chi connectivity index (χ2n) is 4.68. The van der Waals surface area contributed by atoms with Crippen molar-refractivity contribution in [1.29, 1.82) is 0 Å². The highest BCUT2D eigenvalue weighted by Crippen LogP contribution is 2.26. The van der Waals surface area contributed by atoms with E-state index in [1.165, 1.54) is 7.11 Å². The van der Waals surface area contributed by atoms with Gasteiger partial charge < -0.3 is 4.74 Å². The lowest BCUT2D eigenvalue weighted by atomic mass is 10.1. The zero-order chi connectivity index (χ0) is 13.0. The van der Waals surface area contributed by atoms with Crippen LogP contribution in [0.5, 0.6) is 0 Å². The standard InChI is InChI=1S/C14H18FNO2/c1-18-14(17)12-7-13(8-15)16(10-12)9-11-5-3-2-4-6-11/h2-6,12-13H,7-10H2,1H3/t12-,13-/m0/s1. The first-order valence-electron chi connectivity index (χ1n) is 6.16. The number of esters is 1. The Kier molecular flexibility index (Phi) is 4.31. The van der Waals surface area contributed by atoms with Gasteiger partial charge in [-0.1, -0.05) is 30.3 Å². The van der Waals surface area contributed by atoms with Crippen LogP contribution in [0.3, 0.4) is 0 Å². The fourth-order valence-electron chi connectivity index (χ4n) is 2.49. The van der Waals surface area contributed by atoms with E-state index in [2.05, 4.69) is 0 Å². The molecule has 1 aromatic rings. The van der Waals surface area contributed by atoms with Crippen LogP contribution < -0.4 is 0 Å².